The lowest BCUT2D eigenvalue weighted by Gasteiger charge is -2.36. The van der Waals surface area contributed by atoms with Crippen LogP contribution in [-0.4, -0.2) is 73.5 Å². The van der Waals surface area contributed by atoms with Crippen LogP contribution in [-0.2, 0) is 33.9 Å². The highest BCUT2D eigenvalue weighted by Gasteiger charge is 2.65. The Balaban J connectivity index is 2.52. The van der Waals surface area contributed by atoms with Gasteiger partial charge in [0.15, 0.2) is 6.79 Å². The molecule has 0 radical (unpaired) electrons. The predicted octanol–water partition coefficient (Wildman–Crippen LogP) is 1.58. The Bertz CT molecular complexity index is 753. The maximum atomic E-state index is 13.2. The fourth-order valence-corrected chi connectivity index (χ4v) is 2.30. The van der Waals surface area contributed by atoms with Crippen LogP contribution in [0.3, 0.4) is 0 Å². The van der Waals surface area contributed by atoms with Crippen LogP contribution < -0.4 is 0 Å². The van der Waals surface area contributed by atoms with Crippen molar-refractivity contribution >= 4 is 16.1 Å². The largest absolute Gasteiger partial charge is 0.443 e. The third kappa shape index (κ3) is 6.01. The summed E-state index contributed by atoms with van der Waals surface area (Å²) in [7, 11) is -6.42. The highest BCUT2D eigenvalue weighted by Crippen LogP contribution is 2.41. The van der Waals surface area contributed by atoms with Gasteiger partial charge in [0.05, 0.1) is 25.2 Å². The molecule has 9 nitrogen and oxygen atoms in total. The summed E-state index contributed by atoms with van der Waals surface area (Å²) in [6, 6.07) is 0. The Hall–Kier alpha value is -1.53. The van der Waals surface area contributed by atoms with Gasteiger partial charge in [-0.15, -0.1) is 0 Å². The molecule has 0 bridgehead atoms. The predicted molar refractivity (Wildman–Crippen MR) is 78.6 cm³/mol. The number of alkyl halides is 7. The number of carbonyl (C=O) groups excluding carboxylic acids is 1. The molecular formula is C13H15F7O9S. The minimum atomic E-state index is -6.42. The van der Waals surface area contributed by atoms with Crippen LogP contribution in [0, 0.1) is 0 Å². The van der Waals surface area contributed by atoms with Crippen molar-refractivity contribution in [3.63, 3.8) is 0 Å². The quantitative estimate of drug-likeness (QED) is 0.166. The average molecular weight is 480 g/mol. The zero-order valence-corrected chi connectivity index (χ0v) is 15.4. The molecule has 0 amide bonds. The van der Waals surface area contributed by atoms with Gasteiger partial charge in [0.25, 0.3) is 5.79 Å². The van der Waals surface area contributed by atoms with Gasteiger partial charge in [0.1, 0.15) is 0 Å². The molecule has 1 aliphatic heterocycles. The molecule has 1 aliphatic rings. The first-order valence-electron chi connectivity index (χ1n) is 7.58. The van der Waals surface area contributed by atoms with E-state index in [9.17, 15) is 49.1 Å². The molecule has 176 valence electrons. The zero-order valence-electron chi connectivity index (χ0n) is 14.6. The van der Waals surface area contributed by atoms with Gasteiger partial charge in [-0.05, 0) is 0 Å². The average Bonchev–Trinajstić information content (AvgIpc) is 2.56. The zero-order chi connectivity index (χ0) is 23.6. The van der Waals surface area contributed by atoms with Crippen LogP contribution in [0.25, 0.3) is 0 Å². The van der Waals surface area contributed by atoms with Crippen molar-refractivity contribution in [2.45, 2.75) is 42.3 Å². The molecule has 0 aliphatic carbocycles. The summed E-state index contributed by atoms with van der Waals surface area (Å²) in [5, 5.41) is 3.55. The van der Waals surface area contributed by atoms with Crippen LogP contribution >= 0.6 is 0 Å². The number of halogens is 7. The molecule has 17 heteroatoms. The van der Waals surface area contributed by atoms with E-state index >= 15 is 0 Å². The van der Waals surface area contributed by atoms with Crippen LogP contribution in [0.15, 0.2) is 12.2 Å². The van der Waals surface area contributed by atoms with E-state index in [1.165, 1.54) is 0 Å². The van der Waals surface area contributed by atoms with Gasteiger partial charge < -0.3 is 24.1 Å². The van der Waals surface area contributed by atoms with Crippen molar-refractivity contribution in [3.05, 3.63) is 12.2 Å². The lowest BCUT2D eigenvalue weighted by Crippen LogP contribution is -2.54. The molecule has 30 heavy (non-hydrogen) atoms. The van der Waals surface area contributed by atoms with Crippen molar-refractivity contribution in [3.8, 4) is 0 Å². The minimum absolute atomic E-state index is 0.662. The maximum Gasteiger partial charge on any atom is 0.443 e. The van der Waals surface area contributed by atoms with Gasteiger partial charge >= 0.3 is 33.4 Å². The molecule has 1 rings (SSSR count). The first-order valence-corrected chi connectivity index (χ1v) is 9.02. The van der Waals surface area contributed by atoms with E-state index < -0.39 is 83.9 Å². The summed E-state index contributed by atoms with van der Waals surface area (Å²) in [5.74, 6) is -10.3. The Morgan fingerprint density at radius 1 is 1.20 bits per heavy atom. The van der Waals surface area contributed by atoms with Crippen molar-refractivity contribution < 1.29 is 72.6 Å². The first-order chi connectivity index (χ1) is 13.3. The molecule has 0 spiro atoms. The van der Waals surface area contributed by atoms with Gasteiger partial charge in [0.2, 0.25) is 6.29 Å². The minimum Gasteiger partial charge on any atom is -0.432 e. The SMILES string of the molecule is C=C(COCCC(F)(F)C(F)(F)S(=O)(=O)O)C(=O)OC1CC(O)(C(F)(F)F)OCO1. The first kappa shape index (κ1) is 26.5. The fourth-order valence-electron chi connectivity index (χ4n) is 1.82. The van der Waals surface area contributed by atoms with E-state index in [2.05, 4.69) is 25.5 Å². The summed E-state index contributed by atoms with van der Waals surface area (Å²) in [5.41, 5.74) is -0.662. The highest BCUT2D eigenvalue weighted by atomic mass is 32.2. The van der Waals surface area contributed by atoms with E-state index in [4.69, 9.17) is 4.55 Å². The van der Waals surface area contributed by atoms with Gasteiger partial charge in [-0.2, -0.15) is 39.2 Å². The second-order valence-corrected chi connectivity index (χ2v) is 7.32. The smallest absolute Gasteiger partial charge is 0.432 e. The third-order valence-corrected chi connectivity index (χ3v) is 4.50. The van der Waals surface area contributed by atoms with Gasteiger partial charge in [0, 0.05) is 6.42 Å². The molecule has 2 N–H and O–H groups in total. The molecule has 2 unspecified atom stereocenters. The molecular weight excluding hydrogens is 465 g/mol. The monoisotopic (exact) mass is 480 g/mol. The van der Waals surface area contributed by atoms with E-state index in [0.29, 0.717) is 0 Å². The standard InChI is InChI=1S/C13H15F7O9S/c1-7(5-26-3-2-10(14,15)13(19,20)30(23,24)25)9(21)29-8-4-11(22,12(16,17)18)28-6-27-8/h8,22H,1-6H2,(H,23,24,25). The number of hydrogen-bond acceptors (Lipinski definition) is 8. The number of hydrogen-bond donors (Lipinski definition) is 2. The number of carbonyl (C=O) groups is 1. The Labute approximate surface area is 164 Å². The van der Waals surface area contributed by atoms with Crippen molar-refractivity contribution in [2.24, 2.45) is 0 Å². The molecule has 1 heterocycles. The summed E-state index contributed by atoms with van der Waals surface area (Å²) in [6.45, 7) is -0.152. The van der Waals surface area contributed by atoms with Crippen molar-refractivity contribution in [1.82, 2.24) is 0 Å². The second kappa shape index (κ2) is 8.91. The maximum absolute atomic E-state index is 13.2. The summed E-state index contributed by atoms with van der Waals surface area (Å²) >= 11 is 0. The van der Waals surface area contributed by atoms with Gasteiger partial charge in [-0.25, -0.2) is 4.79 Å². The van der Waals surface area contributed by atoms with E-state index in [1.54, 1.807) is 0 Å². The highest BCUT2D eigenvalue weighted by molar-refractivity contribution is 7.87. The van der Waals surface area contributed by atoms with Crippen molar-refractivity contribution in [1.29, 1.82) is 0 Å². The number of ether oxygens (including phenoxy) is 4. The normalized spacial score (nSPS) is 23.8. The third-order valence-electron chi connectivity index (χ3n) is 3.55. The summed E-state index contributed by atoms with van der Waals surface area (Å²) < 4.78 is 137. The molecule has 0 saturated carbocycles. The van der Waals surface area contributed by atoms with Crippen LogP contribution in [0.1, 0.15) is 12.8 Å². The van der Waals surface area contributed by atoms with E-state index in [1.807, 2.05) is 0 Å². The van der Waals surface area contributed by atoms with Gasteiger partial charge in [-0.3, -0.25) is 4.55 Å². The Morgan fingerprint density at radius 3 is 2.27 bits per heavy atom. The Morgan fingerprint density at radius 2 is 1.77 bits per heavy atom. The molecule has 1 saturated heterocycles. The molecule has 2 atom stereocenters. The van der Waals surface area contributed by atoms with Crippen molar-refractivity contribution in [2.75, 3.05) is 20.0 Å². The molecule has 0 aromatic carbocycles. The topological polar surface area (TPSA) is 129 Å². The van der Waals surface area contributed by atoms with Crippen LogP contribution in [0.4, 0.5) is 30.7 Å². The summed E-state index contributed by atoms with van der Waals surface area (Å²) in [4.78, 5) is 11.7. The number of rotatable bonds is 9. The summed E-state index contributed by atoms with van der Waals surface area (Å²) in [6.07, 6.45) is -10.4. The lowest BCUT2D eigenvalue weighted by molar-refractivity contribution is -0.427. The van der Waals surface area contributed by atoms with E-state index in [0.717, 1.165) is 0 Å². The fraction of sp³-hybridized carbons (Fsp3) is 0.769. The molecule has 0 aromatic heterocycles. The van der Waals surface area contributed by atoms with E-state index in [-0.39, 0.29) is 0 Å². The lowest BCUT2D eigenvalue weighted by atomic mass is 10.1. The molecule has 1 fully saturated rings. The Kier molecular flexibility index (Phi) is 7.87. The molecule has 0 aromatic rings. The van der Waals surface area contributed by atoms with Gasteiger partial charge in [-0.1, -0.05) is 6.58 Å². The number of esters is 1. The van der Waals surface area contributed by atoms with Crippen LogP contribution in [0.5, 0.6) is 0 Å². The van der Waals surface area contributed by atoms with Crippen LogP contribution in [0.2, 0.25) is 0 Å². The second-order valence-electron chi connectivity index (χ2n) is 5.85. The number of aliphatic hydroxyl groups is 1.